The van der Waals surface area contributed by atoms with E-state index in [1.165, 1.54) is 5.56 Å². The minimum atomic E-state index is 0.0861. The standard InChI is InChI=1S/C25H37N3O4/c1-6-26-25(27-16-10-18-32-19(2)20-11-8-7-9-12-20)28-17-15-21-13-14-22(29-3)24(31-5)23(21)30-4/h7-9,11-14,19H,6,10,15-18H2,1-5H3,(H2,26,27,28). The summed E-state index contributed by atoms with van der Waals surface area (Å²) >= 11 is 0. The van der Waals surface area contributed by atoms with Crippen molar-refractivity contribution in [1.29, 1.82) is 0 Å². The van der Waals surface area contributed by atoms with Crippen LogP contribution in [0.15, 0.2) is 47.5 Å². The van der Waals surface area contributed by atoms with E-state index in [2.05, 4.69) is 41.6 Å². The van der Waals surface area contributed by atoms with Crippen LogP contribution in [0.25, 0.3) is 0 Å². The van der Waals surface area contributed by atoms with Gasteiger partial charge in [0.05, 0.1) is 27.4 Å². The molecule has 7 nitrogen and oxygen atoms in total. The first-order valence-corrected chi connectivity index (χ1v) is 11.1. The lowest BCUT2D eigenvalue weighted by molar-refractivity contribution is 0.0652. The monoisotopic (exact) mass is 443 g/mol. The predicted octanol–water partition coefficient (Wildman–Crippen LogP) is 3.98. The Morgan fingerprint density at radius 1 is 0.938 bits per heavy atom. The molecule has 2 aromatic carbocycles. The van der Waals surface area contributed by atoms with Gasteiger partial charge in [-0.15, -0.1) is 0 Å². The predicted molar refractivity (Wildman–Crippen MR) is 129 cm³/mol. The summed E-state index contributed by atoms with van der Waals surface area (Å²) in [5, 5.41) is 6.67. The highest BCUT2D eigenvalue weighted by Crippen LogP contribution is 2.39. The lowest BCUT2D eigenvalue weighted by Gasteiger charge is -2.16. The molecular weight excluding hydrogens is 406 g/mol. The van der Waals surface area contributed by atoms with Crippen LogP contribution in [0.5, 0.6) is 17.2 Å². The van der Waals surface area contributed by atoms with Crippen molar-refractivity contribution in [3.05, 3.63) is 53.6 Å². The molecule has 0 amide bonds. The molecule has 0 aliphatic carbocycles. The molecule has 7 heteroatoms. The molecule has 2 aromatic rings. The number of aliphatic imine (C=N–C) groups is 1. The third kappa shape index (κ3) is 7.64. The van der Waals surface area contributed by atoms with E-state index in [1.807, 2.05) is 30.3 Å². The van der Waals surface area contributed by atoms with Crippen molar-refractivity contribution in [3.8, 4) is 17.2 Å². The van der Waals surface area contributed by atoms with E-state index in [4.69, 9.17) is 18.9 Å². The molecule has 0 radical (unpaired) electrons. The topological polar surface area (TPSA) is 73.3 Å². The van der Waals surface area contributed by atoms with Crippen molar-refractivity contribution in [2.45, 2.75) is 32.8 Å². The lowest BCUT2D eigenvalue weighted by atomic mass is 10.1. The number of hydrogen-bond donors (Lipinski definition) is 2. The molecule has 0 aromatic heterocycles. The summed E-state index contributed by atoms with van der Waals surface area (Å²) in [5.74, 6) is 2.75. The molecule has 176 valence electrons. The summed E-state index contributed by atoms with van der Waals surface area (Å²) in [5.41, 5.74) is 2.23. The molecule has 2 N–H and O–H groups in total. The SMILES string of the molecule is CCNC(=NCCCOC(C)c1ccccc1)NCCc1ccc(OC)c(OC)c1OC. The van der Waals surface area contributed by atoms with Crippen LogP contribution in [0.3, 0.4) is 0 Å². The quantitative estimate of drug-likeness (QED) is 0.277. The molecule has 0 spiro atoms. The minimum Gasteiger partial charge on any atom is -0.493 e. The number of ether oxygens (including phenoxy) is 4. The van der Waals surface area contributed by atoms with Crippen molar-refractivity contribution < 1.29 is 18.9 Å². The Hall–Kier alpha value is -2.93. The highest BCUT2D eigenvalue weighted by molar-refractivity contribution is 5.79. The molecule has 0 aliphatic heterocycles. The van der Waals surface area contributed by atoms with Crippen molar-refractivity contribution >= 4 is 5.96 Å². The maximum atomic E-state index is 5.93. The van der Waals surface area contributed by atoms with Crippen LogP contribution in [-0.2, 0) is 11.2 Å². The van der Waals surface area contributed by atoms with Gasteiger partial charge in [0.25, 0.3) is 0 Å². The van der Waals surface area contributed by atoms with Gasteiger partial charge in [0.15, 0.2) is 17.5 Å². The maximum Gasteiger partial charge on any atom is 0.203 e. The summed E-state index contributed by atoms with van der Waals surface area (Å²) in [6.07, 6.45) is 1.70. The first kappa shape index (κ1) is 25.3. The van der Waals surface area contributed by atoms with E-state index < -0.39 is 0 Å². The smallest absolute Gasteiger partial charge is 0.203 e. The molecule has 32 heavy (non-hydrogen) atoms. The average molecular weight is 444 g/mol. The van der Waals surface area contributed by atoms with Crippen molar-refractivity contribution in [2.75, 3.05) is 47.6 Å². The van der Waals surface area contributed by atoms with Crippen LogP contribution in [0.1, 0.15) is 37.5 Å². The van der Waals surface area contributed by atoms with E-state index in [0.717, 1.165) is 30.9 Å². The number of nitrogens with one attached hydrogen (secondary N) is 2. The molecule has 0 bridgehead atoms. The van der Waals surface area contributed by atoms with E-state index in [-0.39, 0.29) is 6.10 Å². The highest BCUT2D eigenvalue weighted by Gasteiger charge is 2.15. The average Bonchev–Trinajstić information content (AvgIpc) is 2.83. The molecule has 0 fully saturated rings. The van der Waals surface area contributed by atoms with Gasteiger partial charge in [-0.25, -0.2) is 0 Å². The summed E-state index contributed by atoms with van der Waals surface area (Å²) in [6, 6.07) is 14.1. The summed E-state index contributed by atoms with van der Waals surface area (Å²) in [4.78, 5) is 4.66. The number of methoxy groups -OCH3 is 3. The second-order valence-corrected chi connectivity index (χ2v) is 7.21. The van der Waals surface area contributed by atoms with E-state index in [9.17, 15) is 0 Å². The summed E-state index contributed by atoms with van der Waals surface area (Å²) < 4.78 is 22.3. The summed E-state index contributed by atoms with van der Waals surface area (Å²) in [6.45, 7) is 7.00. The first-order valence-electron chi connectivity index (χ1n) is 11.1. The number of benzene rings is 2. The van der Waals surface area contributed by atoms with Crippen molar-refractivity contribution in [2.24, 2.45) is 4.99 Å². The van der Waals surface area contributed by atoms with Gasteiger partial charge >= 0.3 is 0 Å². The zero-order valence-electron chi connectivity index (χ0n) is 19.9. The van der Waals surface area contributed by atoms with E-state index in [1.54, 1.807) is 21.3 Å². The fourth-order valence-electron chi connectivity index (χ4n) is 3.35. The molecule has 0 heterocycles. The van der Waals surface area contributed by atoms with Gasteiger partial charge in [-0.1, -0.05) is 36.4 Å². The van der Waals surface area contributed by atoms with Gasteiger partial charge in [-0.2, -0.15) is 0 Å². The summed E-state index contributed by atoms with van der Waals surface area (Å²) in [7, 11) is 4.87. The maximum absolute atomic E-state index is 5.93. The Labute approximate surface area is 192 Å². The van der Waals surface area contributed by atoms with Crippen molar-refractivity contribution in [3.63, 3.8) is 0 Å². The minimum absolute atomic E-state index is 0.0861. The third-order valence-electron chi connectivity index (χ3n) is 5.03. The largest absolute Gasteiger partial charge is 0.493 e. The van der Waals surface area contributed by atoms with Gasteiger partial charge in [-0.3, -0.25) is 4.99 Å². The number of hydrogen-bond acceptors (Lipinski definition) is 5. The lowest BCUT2D eigenvalue weighted by Crippen LogP contribution is -2.38. The molecule has 2 rings (SSSR count). The molecule has 1 atom stereocenters. The fraction of sp³-hybridized carbons (Fsp3) is 0.480. The zero-order valence-corrected chi connectivity index (χ0v) is 19.9. The van der Waals surface area contributed by atoms with E-state index in [0.29, 0.717) is 36.9 Å². The van der Waals surface area contributed by atoms with Gasteiger partial charge in [0.1, 0.15) is 0 Å². The van der Waals surface area contributed by atoms with Crippen LogP contribution in [-0.4, -0.2) is 53.5 Å². The molecule has 0 saturated heterocycles. The third-order valence-corrected chi connectivity index (χ3v) is 5.03. The Balaban J connectivity index is 1.82. The molecule has 0 aliphatic rings. The van der Waals surface area contributed by atoms with Crippen LogP contribution in [0.2, 0.25) is 0 Å². The Morgan fingerprint density at radius 2 is 1.69 bits per heavy atom. The van der Waals surface area contributed by atoms with Crippen LogP contribution in [0, 0.1) is 0 Å². The van der Waals surface area contributed by atoms with Gasteiger partial charge in [-0.05, 0) is 38.3 Å². The second kappa shape index (κ2) is 14.2. The number of rotatable bonds is 13. The molecular formula is C25H37N3O4. The Morgan fingerprint density at radius 3 is 2.34 bits per heavy atom. The molecule has 1 unspecified atom stereocenters. The second-order valence-electron chi connectivity index (χ2n) is 7.21. The van der Waals surface area contributed by atoms with Gasteiger partial charge in [0.2, 0.25) is 5.75 Å². The fourth-order valence-corrected chi connectivity index (χ4v) is 3.35. The zero-order chi connectivity index (χ0) is 23.2. The Kier molecular flexibility index (Phi) is 11.2. The van der Waals surface area contributed by atoms with Gasteiger partial charge < -0.3 is 29.6 Å². The highest BCUT2D eigenvalue weighted by atomic mass is 16.5. The van der Waals surface area contributed by atoms with Gasteiger partial charge in [0, 0.05) is 31.8 Å². The van der Waals surface area contributed by atoms with Crippen molar-refractivity contribution in [1.82, 2.24) is 10.6 Å². The normalized spacial score (nSPS) is 12.2. The van der Waals surface area contributed by atoms with E-state index >= 15 is 0 Å². The number of guanidine groups is 1. The molecule has 0 saturated carbocycles. The van der Waals surface area contributed by atoms with Crippen LogP contribution < -0.4 is 24.8 Å². The first-order chi connectivity index (χ1) is 15.6. The Bertz CT molecular complexity index is 827. The van der Waals surface area contributed by atoms with Crippen LogP contribution >= 0.6 is 0 Å². The number of nitrogens with zero attached hydrogens (tertiary/aromatic N) is 1. The van der Waals surface area contributed by atoms with Crippen LogP contribution in [0.4, 0.5) is 0 Å².